The second-order valence-electron chi connectivity index (χ2n) is 3.04. The molecule has 0 rings (SSSR count). The van der Waals surface area contributed by atoms with Crippen molar-refractivity contribution < 1.29 is 4.79 Å². The summed E-state index contributed by atoms with van der Waals surface area (Å²) >= 11 is 0. The van der Waals surface area contributed by atoms with Crippen molar-refractivity contribution in [1.29, 1.82) is 0 Å². The van der Waals surface area contributed by atoms with Gasteiger partial charge in [-0.15, -0.1) is 6.42 Å². The predicted octanol–water partition coefficient (Wildman–Crippen LogP) is 0.642. The van der Waals surface area contributed by atoms with E-state index in [4.69, 9.17) is 12.2 Å². The molecule has 0 saturated heterocycles. The van der Waals surface area contributed by atoms with Crippen molar-refractivity contribution in [1.82, 2.24) is 5.32 Å². The van der Waals surface area contributed by atoms with Crippen molar-refractivity contribution in [3.63, 3.8) is 0 Å². The summed E-state index contributed by atoms with van der Waals surface area (Å²) in [7, 11) is 0. The van der Waals surface area contributed by atoms with Gasteiger partial charge in [-0.05, 0) is 12.8 Å². The van der Waals surface area contributed by atoms with Gasteiger partial charge in [0.25, 0.3) is 0 Å². The van der Waals surface area contributed by atoms with Crippen LogP contribution in [0.15, 0.2) is 0 Å². The van der Waals surface area contributed by atoms with Gasteiger partial charge in [0.15, 0.2) is 0 Å². The van der Waals surface area contributed by atoms with Gasteiger partial charge in [0, 0.05) is 0 Å². The number of primary amides is 1. The van der Waals surface area contributed by atoms with Gasteiger partial charge in [0.05, 0.1) is 12.1 Å². The molecule has 2 atom stereocenters. The van der Waals surface area contributed by atoms with Crippen molar-refractivity contribution >= 4 is 5.91 Å². The number of carbonyl (C=O) groups excluding carboxylic acids is 1. The molecule has 0 aromatic rings. The van der Waals surface area contributed by atoms with Crippen LogP contribution in [0.5, 0.6) is 0 Å². The first-order valence-corrected chi connectivity index (χ1v) is 4.67. The standard InChI is InChI=1S/C10H18N2O/c1-4-7-8(5-2)12-9(6-3)10(11)13/h2,8-9,12H,4,6-7H2,1,3H3,(H2,11,13). The van der Waals surface area contributed by atoms with Gasteiger partial charge in [-0.1, -0.05) is 26.2 Å². The fourth-order valence-electron chi connectivity index (χ4n) is 1.15. The highest BCUT2D eigenvalue weighted by atomic mass is 16.1. The maximum atomic E-state index is 10.9. The molecule has 0 aliphatic carbocycles. The second kappa shape index (κ2) is 6.50. The van der Waals surface area contributed by atoms with Crippen molar-refractivity contribution in [2.75, 3.05) is 0 Å². The number of nitrogens with two attached hydrogens (primary N) is 1. The van der Waals surface area contributed by atoms with Crippen LogP contribution >= 0.6 is 0 Å². The molecule has 0 radical (unpaired) electrons. The zero-order chi connectivity index (χ0) is 10.3. The van der Waals surface area contributed by atoms with Crippen LogP contribution in [0.25, 0.3) is 0 Å². The normalized spacial score (nSPS) is 14.5. The summed E-state index contributed by atoms with van der Waals surface area (Å²) in [5.41, 5.74) is 5.18. The molecule has 74 valence electrons. The molecule has 0 heterocycles. The van der Waals surface area contributed by atoms with Crippen LogP contribution in [-0.2, 0) is 4.79 Å². The molecule has 13 heavy (non-hydrogen) atoms. The minimum Gasteiger partial charge on any atom is -0.368 e. The number of hydrogen-bond acceptors (Lipinski definition) is 2. The van der Waals surface area contributed by atoms with Crippen molar-refractivity contribution in [3.8, 4) is 12.3 Å². The van der Waals surface area contributed by atoms with Crippen LogP contribution in [0.4, 0.5) is 0 Å². The molecule has 0 spiro atoms. The molecule has 2 unspecified atom stereocenters. The smallest absolute Gasteiger partial charge is 0.234 e. The molecular formula is C10H18N2O. The first-order chi connectivity index (χ1) is 6.15. The topological polar surface area (TPSA) is 55.1 Å². The summed E-state index contributed by atoms with van der Waals surface area (Å²) in [6.45, 7) is 3.96. The number of carbonyl (C=O) groups is 1. The van der Waals surface area contributed by atoms with Crippen LogP contribution < -0.4 is 11.1 Å². The first kappa shape index (κ1) is 12.0. The quantitative estimate of drug-likeness (QED) is 0.592. The zero-order valence-corrected chi connectivity index (χ0v) is 8.34. The Labute approximate surface area is 80.1 Å². The summed E-state index contributed by atoms with van der Waals surface area (Å²) in [5, 5.41) is 3.04. The van der Waals surface area contributed by atoms with Crippen molar-refractivity contribution in [3.05, 3.63) is 0 Å². The highest BCUT2D eigenvalue weighted by Gasteiger charge is 2.15. The maximum Gasteiger partial charge on any atom is 0.234 e. The molecular weight excluding hydrogens is 164 g/mol. The van der Waals surface area contributed by atoms with Crippen LogP contribution in [-0.4, -0.2) is 18.0 Å². The average Bonchev–Trinajstić information content (AvgIpc) is 2.11. The van der Waals surface area contributed by atoms with E-state index in [2.05, 4.69) is 18.2 Å². The van der Waals surface area contributed by atoms with Gasteiger partial charge >= 0.3 is 0 Å². The van der Waals surface area contributed by atoms with E-state index in [0.717, 1.165) is 12.8 Å². The molecule has 0 saturated carbocycles. The Morgan fingerprint density at radius 2 is 2.23 bits per heavy atom. The largest absolute Gasteiger partial charge is 0.368 e. The minimum atomic E-state index is -0.334. The van der Waals surface area contributed by atoms with Crippen LogP contribution in [0.1, 0.15) is 33.1 Å². The lowest BCUT2D eigenvalue weighted by Gasteiger charge is -2.18. The molecule has 0 fully saturated rings. The number of nitrogens with one attached hydrogen (secondary N) is 1. The third kappa shape index (κ3) is 4.54. The highest BCUT2D eigenvalue weighted by molar-refractivity contribution is 5.79. The van der Waals surface area contributed by atoms with Crippen LogP contribution in [0.2, 0.25) is 0 Å². The lowest BCUT2D eigenvalue weighted by Crippen LogP contribution is -2.45. The van der Waals surface area contributed by atoms with E-state index in [1.165, 1.54) is 0 Å². The average molecular weight is 182 g/mol. The van der Waals surface area contributed by atoms with E-state index in [0.29, 0.717) is 6.42 Å². The van der Waals surface area contributed by atoms with E-state index in [1.807, 2.05) is 6.92 Å². The molecule has 0 aromatic carbocycles. The van der Waals surface area contributed by atoms with Crippen molar-refractivity contribution in [2.45, 2.75) is 45.2 Å². The lowest BCUT2D eigenvalue weighted by molar-refractivity contribution is -0.120. The minimum absolute atomic E-state index is 0.0394. The van der Waals surface area contributed by atoms with Gasteiger partial charge in [0.2, 0.25) is 5.91 Å². The molecule has 3 heteroatoms. The summed E-state index contributed by atoms with van der Waals surface area (Å²) in [5.74, 6) is 2.27. The summed E-state index contributed by atoms with van der Waals surface area (Å²) < 4.78 is 0. The van der Waals surface area contributed by atoms with E-state index in [1.54, 1.807) is 0 Å². The molecule has 3 N–H and O–H groups in total. The molecule has 0 bridgehead atoms. The molecule has 0 aliphatic rings. The Hall–Kier alpha value is -1.01. The van der Waals surface area contributed by atoms with Gasteiger partial charge in [-0.2, -0.15) is 0 Å². The summed E-state index contributed by atoms with van der Waals surface area (Å²) in [4.78, 5) is 10.9. The van der Waals surface area contributed by atoms with Gasteiger partial charge in [-0.3, -0.25) is 10.1 Å². The van der Waals surface area contributed by atoms with Crippen LogP contribution in [0.3, 0.4) is 0 Å². The summed E-state index contributed by atoms with van der Waals surface area (Å²) in [6, 6.07) is -0.338. The Bertz CT molecular complexity index is 196. The molecule has 0 aromatic heterocycles. The van der Waals surface area contributed by atoms with Gasteiger partial charge < -0.3 is 5.73 Å². The molecule has 1 amide bonds. The Morgan fingerprint density at radius 3 is 2.54 bits per heavy atom. The monoisotopic (exact) mass is 182 g/mol. The molecule has 0 aliphatic heterocycles. The number of amides is 1. The second-order valence-corrected chi connectivity index (χ2v) is 3.04. The number of terminal acetylenes is 1. The van der Waals surface area contributed by atoms with E-state index in [-0.39, 0.29) is 18.0 Å². The third-order valence-corrected chi connectivity index (χ3v) is 1.93. The highest BCUT2D eigenvalue weighted by Crippen LogP contribution is 1.99. The SMILES string of the molecule is C#CC(CCC)NC(CC)C(N)=O. The van der Waals surface area contributed by atoms with Crippen LogP contribution in [0, 0.1) is 12.3 Å². The lowest BCUT2D eigenvalue weighted by atomic mass is 10.1. The Kier molecular flexibility index (Phi) is 5.99. The maximum absolute atomic E-state index is 10.9. The summed E-state index contributed by atoms with van der Waals surface area (Å²) in [6.07, 6.45) is 7.85. The molecule has 3 nitrogen and oxygen atoms in total. The number of hydrogen-bond donors (Lipinski definition) is 2. The van der Waals surface area contributed by atoms with Crippen molar-refractivity contribution in [2.24, 2.45) is 5.73 Å². The van der Waals surface area contributed by atoms with E-state index < -0.39 is 0 Å². The van der Waals surface area contributed by atoms with Gasteiger partial charge in [-0.25, -0.2) is 0 Å². The van der Waals surface area contributed by atoms with Gasteiger partial charge in [0.1, 0.15) is 0 Å². The fraction of sp³-hybridized carbons (Fsp3) is 0.700. The Balaban J connectivity index is 4.05. The Morgan fingerprint density at radius 1 is 1.62 bits per heavy atom. The number of rotatable bonds is 6. The van der Waals surface area contributed by atoms with E-state index in [9.17, 15) is 4.79 Å². The fourth-order valence-corrected chi connectivity index (χ4v) is 1.15. The zero-order valence-electron chi connectivity index (χ0n) is 8.34. The third-order valence-electron chi connectivity index (χ3n) is 1.93. The van der Waals surface area contributed by atoms with E-state index >= 15 is 0 Å². The first-order valence-electron chi connectivity index (χ1n) is 4.67. The predicted molar refractivity (Wildman–Crippen MR) is 53.9 cm³/mol.